The number of esters is 2. The molecule has 9 nitrogen and oxygen atoms in total. The van der Waals surface area contributed by atoms with Crippen molar-refractivity contribution in [3.8, 4) is 0 Å². The number of rotatable bonds is 4. The van der Waals surface area contributed by atoms with Gasteiger partial charge in [0.1, 0.15) is 24.9 Å². The fourth-order valence-corrected chi connectivity index (χ4v) is 3.57. The smallest absolute Gasteiger partial charge is 0.408 e. The number of alkyl carbamates (subject to hydrolysis) is 1. The van der Waals surface area contributed by atoms with E-state index in [1.54, 1.807) is 20.8 Å². The van der Waals surface area contributed by atoms with Gasteiger partial charge in [-0.2, -0.15) is 5.06 Å². The zero-order chi connectivity index (χ0) is 21.2. The lowest BCUT2D eigenvalue weighted by atomic mass is 9.92. The van der Waals surface area contributed by atoms with Crippen LogP contribution >= 0.6 is 0 Å². The van der Waals surface area contributed by atoms with E-state index < -0.39 is 47.7 Å². The number of carbonyl (C=O) groups is 3. The largest absolute Gasteiger partial charge is 0.463 e. The molecule has 0 unspecified atom stereocenters. The van der Waals surface area contributed by atoms with E-state index >= 15 is 0 Å². The molecule has 158 valence electrons. The first-order chi connectivity index (χ1) is 13.7. The molecule has 0 spiro atoms. The Hall–Kier alpha value is -2.65. The van der Waals surface area contributed by atoms with Gasteiger partial charge in [0.2, 0.25) is 0 Å². The first-order valence-electron chi connectivity index (χ1n) is 9.49. The fourth-order valence-electron chi connectivity index (χ4n) is 3.57. The molecule has 0 radical (unpaired) electrons. The van der Waals surface area contributed by atoms with Crippen LogP contribution in [0.3, 0.4) is 0 Å². The van der Waals surface area contributed by atoms with Crippen molar-refractivity contribution in [2.45, 2.75) is 57.5 Å². The first kappa shape index (κ1) is 21.1. The van der Waals surface area contributed by atoms with Gasteiger partial charge in [0, 0.05) is 0 Å². The quantitative estimate of drug-likeness (QED) is 0.573. The van der Waals surface area contributed by atoms with Gasteiger partial charge in [0.05, 0.1) is 18.0 Å². The van der Waals surface area contributed by atoms with Crippen molar-refractivity contribution in [3.63, 3.8) is 0 Å². The van der Waals surface area contributed by atoms with Gasteiger partial charge >= 0.3 is 18.0 Å². The summed E-state index contributed by atoms with van der Waals surface area (Å²) in [7, 11) is 0. The maximum Gasteiger partial charge on any atom is 0.408 e. The Morgan fingerprint density at radius 2 is 1.97 bits per heavy atom. The number of nitrogens with zero attached hydrogens (tertiary/aromatic N) is 1. The normalized spacial score (nSPS) is 27.0. The third-order valence-corrected chi connectivity index (χ3v) is 4.83. The minimum atomic E-state index is -1.03. The van der Waals surface area contributed by atoms with E-state index in [1.165, 1.54) is 0 Å². The van der Waals surface area contributed by atoms with E-state index in [1.807, 2.05) is 30.3 Å². The predicted molar refractivity (Wildman–Crippen MR) is 99.7 cm³/mol. The van der Waals surface area contributed by atoms with Crippen molar-refractivity contribution in [1.29, 1.82) is 0 Å². The van der Waals surface area contributed by atoms with Crippen LogP contribution in [0.5, 0.6) is 0 Å². The average Bonchev–Trinajstić information content (AvgIpc) is 3.00. The summed E-state index contributed by atoms with van der Waals surface area (Å²) in [6, 6.07) is 6.59. The molecule has 0 aromatic heterocycles. The Morgan fingerprint density at radius 1 is 1.28 bits per heavy atom. The molecule has 0 saturated carbocycles. The van der Waals surface area contributed by atoms with Crippen LogP contribution in [0.25, 0.3) is 0 Å². The second-order valence-electron chi connectivity index (χ2n) is 8.20. The molecule has 29 heavy (non-hydrogen) atoms. The lowest BCUT2D eigenvalue weighted by molar-refractivity contribution is -0.189. The van der Waals surface area contributed by atoms with E-state index in [0.29, 0.717) is 0 Å². The number of fused-ring (bicyclic) bond motifs is 1. The van der Waals surface area contributed by atoms with Gasteiger partial charge in [-0.05, 0) is 32.8 Å². The van der Waals surface area contributed by atoms with Crippen molar-refractivity contribution < 1.29 is 33.8 Å². The summed E-state index contributed by atoms with van der Waals surface area (Å²) in [5.74, 6) is -1.92. The van der Waals surface area contributed by atoms with Crippen LogP contribution in [-0.2, 0) is 30.4 Å². The summed E-state index contributed by atoms with van der Waals surface area (Å²) in [6.07, 6.45) is -0.650. The molecular weight excluding hydrogens is 380 g/mol. The number of hydroxylamine groups is 2. The number of ether oxygens (including phenoxy) is 3. The molecule has 1 aromatic carbocycles. The minimum Gasteiger partial charge on any atom is -0.463 e. The average molecular weight is 406 g/mol. The number of nitrogens with one attached hydrogen (secondary N) is 1. The molecule has 9 heteroatoms. The highest BCUT2D eigenvalue weighted by Crippen LogP contribution is 2.35. The Bertz CT molecular complexity index is 762. The van der Waals surface area contributed by atoms with E-state index in [-0.39, 0.29) is 19.6 Å². The van der Waals surface area contributed by atoms with Crippen LogP contribution in [0, 0.1) is 5.92 Å². The van der Waals surface area contributed by atoms with Crippen LogP contribution in [0.4, 0.5) is 4.79 Å². The highest BCUT2D eigenvalue weighted by atomic mass is 16.6. The number of amides is 1. The molecular formula is C20H26N2O7. The maximum absolute atomic E-state index is 12.5. The standard InChI is InChI=1S/C20H26N2O7/c1-20(2,3)29-19(25)21-14-11-28-17(23)13-9-15(22(26)16(13)14)18(24)27-10-12-7-5-4-6-8-12/h4-8,13-16,26H,9-11H2,1-3H3,(H,21,25)/t13-,14+,15+,16+/m0/s1. The lowest BCUT2D eigenvalue weighted by Gasteiger charge is -2.35. The maximum atomic E-state index is 12.5. The minimum absolute atomic E-state index is 0.0418. The number of cyclic esters (lactones) is 1. The summed E-state index contributed by atoms with van der Waals surface area (Å²) in [6.45, 7) is 5.11. The summed E-state index contributed by atoms with van der Waals surface area (Å²) >= 11 is 0. The van der Waals surface area contributed by atoms with Gasteiger partial charge in [-0.15, -0.1) is 0 Å². The van der Waals surface area contributed by atoms with Crippen LogP contribution in [0.2, 0.25) is 0 Å². The molecule has 2 saturated heterocycles. The first-order valence-corrected chi connectivity index (χ1v) is 9.49. The zero-order valence-corrected chi connectivity index (χ0v) is 16.7. The monoisotopic (exact) mass is 406 g/mol. The molecule has 1 amide bonds. The molecule has 4 atom stereocenters. The number of hydrogen-bond acceptors (Lipinski definition) is 8. The second-order valence-corrected chi connectivity index (χ2v) is 8.20. The van der Waals surface area contributed by atoms with Gasteiger partial charge in [-0.25, -0.2) is 4.79 Å². The Kier molecular flexibility index (Phi) is 6.09. The van der Waals surface area contributed by atoms with Gasteiger partial charge in [-0.3, -0.25) is 9.59 Å². The number of hydrogen-bond donors (Lipinski definition) is 2. The molecule has 0 aliphatic carbocycles. The molecule has 0 bridgehead atoms. The van der Waals surface area contributed by atoms with E-state index in [0.717, 1.165) is 10.6 Å². The van der Waals surface area contributed by atoms with Crippen molar-refractivity contribution in [2.75, 3.05) is 6.61 Å². The highest BCUT2D eigenvalue weighted by molar-refractivity contribution is 5.81. The third-order valence-electron chi connectivity index (χ3n) is 4.83. The van der Waals surface area contributed by atoms with Gasteiger partial charge in [0.25, 0.3) is 0 Å². The van der Waals surface area contributed by atoms with Crippen molar-refractivity contribution in [2.24, 2.45) is 5.92 Å². The Labute approximate surface area is 168 Å². The predicted octanol–water partition coefficient (Wildman–Crippen LogP) is 1.63. The SMILES string of the molecule is CC(C)(C)OC(=O)N[C@@H]1COC(=O)[C@H]2C[C@H](C(=O)OCc3ccccc3)N(O)[C@H]21. The van der Waals surface area contributed by atoms with E-state index in [9.17, 15) is 19.6 Å². The van der Waals surface area contributed by atoms with Crippen LogP contribution < -0.4 is 5.32 Å². The van der Waals surface area contributed by atoms with Crippen molar-refractivity contribution in [1.82, 2.24) is 10.4 Å². The topological polar surface area (TPSA) is 114 Å². The summed E-state index contributed by atoms with van der Waals surface area (Å²) in [5, 5.41) is 14.0. The lowest BCUT2D eigenvalue weighted by Crippen LogP contribution is -2.59. The zero-order valence-electron chi connectivity index (χ0n) is 16.7. The molecule has 2 aliphatic rings. The van der Waals surface area contributed by atoms with Crippen LogP contribution in [-0.4, -0.2) is 58.6 Å². The van der Waals surface area contributed by atoms with Crippen LogP contribution in [0.1, 0.15) is 32.8 Å². The Balaban J connectivity index is 1.65. The number of benzene rings is 1. The van der Waals surface area contributed by atoms with Gasteiger partial charge < -0.3 is 24.7 Å². The molecule has 2 heterocycles. The van der Waals surface area contributed by atoms with E-state index in [2.05, 4.69) is 5.32 Å². The molecule has 3 rings (SSSR count). The fraction of sp³-hybridized carbons (Fsp3) is 0.550. The van der Waals surface area contributed by atoms with Crippen molar-refractivity contribution in [3.05, 3.63) is 35.9 Å². The number of carbonyl (C=O) groups excluding carboxylic acids is 3. The Morgan fingerprint density at radius 3 is 2.62 bits per heavy atom. The highest BCUT2D eigenvalue weighted by Gasteiger charge is 2.55. The van der Waals surface area contributed by atoms with E-state index in [4.69, 9.17) is 14.2 Å². The summed E-state index contributed by atoms with van der Waals surface area (Å²) in [5.41, 5.74) is 0.109. The summed E-state index contributed by atoms with van der Waals surface area (Å²) < 4.78 is 15.7. The van der Waals surface area contributed by atoms with Gasteiger partial charge in [0.15, 0.2) is 0 Å². The third kappa shape index (κ3) is 5.04. The van der Waals surface area contributed by atoms with Gasteiger partial charge in [-0.1, -0.05) is 30.3 Å². The van der Waals surface area contributed by atoms with Crippen molar-refractivity contribution >= 4 is 18.0 Å². The van der Waals surface area contributed by atoms with Crippen LogP contribution in [0.15, 0.2) is 30.3 Å². The molecule has 2 fully saturated rings. The molecule has 2 N–H and O–H groups in total. The molecule has 2 aliphatic heterocycles. The summed E-state index contributed by atoms with van der Waals surface area (Å²) in [4.78, 5) is 36.8. The second kappa shape index (κ2) is 8.38. The molecule has 1 aromatic rings.